The maximum atomic E-state index is 13.5. The molecule has 7 nitrogen and oxygen atoms in total. The molecule has 1 fully saturated rings. The summed E-state index contributed by atoms with van der Waals surface area (Å²) in [6, 6.07) is 1.10. The quantitative estimate of drug-likeness (QED) is 0.665. The summed E-state index contributed by atoms with van der Waals surface area (Å²) in [5, 5.41) is 20.2. The Morgan fingerprint density at radius 2 is 2.30 bits per heavy atom. The number of aryl methyl sites for hydroxylation is 1. The fraction of sp³-hybridized carbons (Fsp3) is 0.417. The second-order valence-electron chi connectivity index (χ2n) is 4.47. The highest BCUT2D eigenvalue weighted by molar-refractivity contribution is 5.80. The summed E-state index contributed by atoms with van der Waals surface area (Å²) in [7, 11) is 0. The van der Waals surface area contributed by atoms with E-state index in [1.165, 1.54) is 17.9 Å². The number of nitro groups is 1. The van der Waals surface area contributed by atoms with E-state index in [0.29, 0.717) is 0 Å². The topological polar surface area (TPSA) is 92.9 Å². The number of hydrogen-bond acceptors (Lipinski definition) is 5. The van der Waals surface area contributed by atoms with Gasteiger partial charge in [-0.3, -0.25) is 10.1 Å². The molecule has 0 radical (unpaired) electrons. The summed E-state index contributed by atoms with van der Waals surface area (Å²) in [6.07, 6.45) is 0. The largest absolute Gasteiger partial charge is 0.480 e. The number of carbonyl (C=O) groups is 1. The molecule has 0 amide bonds. The Hall–Kier alpha value is -2.22. The number of halogens is 1. The summed E-state index contributed by atoms with van der Waals surface area (Å²) < 4.78 is 18.6. The van der Waals surface area contributed by atoms with Gasteiger partial charge in [0.2, 0.25) is 0 Å². The predicted octanol–water partition coefficient (Wildman–Crippen LogP) is 1.33. The van der Waals surface area contributed by atoms with Gasteiger partial charge in [-0.1, -0.05) is 0 Å². The Morgan fingerprint density at radius 3 is 2.90 bits per heavy atom. The number of morpholine rings is 1. The first kappa shape index (κ1) is 14.2. The number of anilines is 1. The van der Waals surface area contributed by atoms with E-state index >= 15 is 0 Å². The van der Waals surface area contributed by atoms with Crippen LogP contribution in [0.15, 0.2) is 12.1 Å². The van der Waals surface area contributed by atoms with Crippen molar-refractivity contribution in [3.05, 3.63) is 33.6 Å². The molecule has 0 aromatic heterocycles. The van der Waals surface area contributed by atoms with E-state index in [-0.39, 0.29) is 31.0 Å². The maximum absolute atomic E-state index is 13.5. The lowest BCUT2D eigenvalue weighted by molar-refractivity contribution is -0.384. The van der Waals surface area contributed by atoms with Crippen molar-refractivity contribution in [3.63, 3.8) is 0 Å². The Bertz CT molecular complexity index is 563. The van der Waals surface area contributed by atoms with Crippen molar-refractivity contribution in [2.24, 2.45) is 0 Å². The van der Waals surface area contributed by atoms with Gasteiger partial charge in [-0.25, -0.2) is 9.18 Å². The molecule has 108 valence electrons. The van der Waals surface area contributed by atoms with Gasteiger partial charge in [0, 0.05) is 6.54 Å². The lowest BCUT2D eigenvalue weighted by Crippen LogP contribution is -2.50. The second-order valence-corrected chi connectivity index (χ2v) is 4.47. The van der Waals surface area contributed by atoms with E-state index in [1.54, 1.807) is 0 Å². The zero-order valence-electron chi connectivity index (χ0n) is 10.7. The van der Waals surface area contributed by atoms with Crippen molar-refractivity contribution in [2.75, 3.05) is 24.7 Å². The minimum atomic E-state index is -1.14. The molecule has 1 unspecified atom stereocenters. The van der Waals surface area contributed by atoms with Crippen molar-refractivity contribution in [1.82, 2.24) is 0 Å². The molecule has 20 heavy (non-hydrogen) atoms. The van der Waals surface area contributed by atoms with Crippen LogP contribution in [-0.2, 0) is 9.53 Å². The number of nitro benzene ring substituents is 1. The van der Waals surface area contributed by atoms with Crippen LogP contribution in [-0.4, -0.2) is 41.8 Å². The van der Waals surface area contributed by atoms with E-state index in [2.05, 4.69) is 0 Å². The zero-order valence-corrected chi connectivity index (χ0v) is 10.7. The summed E-state index contributed by atoms with van der Waals surface area (Å²) in [4.78, 5) is 22.9. The van der Waals surface area contributed by atoms with Crippen molar-refractivity contribution < 1.29 is 24.0 Å². The van der Waals surface area contributed by atoms with Gasteiger partial charge in [0.05, 0.1) is 24.2 Å². The first-order chi connectivity index (χ1) is 9.41. The van der Waals surface area contributed by atoms with Crippen molar-refractivity contribution in [2.45, 2.75) is 13.0 Å². The first-order valence-electron chi connectivity index (χ1n) is 5.93. The molecule has 0 spiro atoms. The first-order valence-corrected chi connectivity index (χ1v) is 5.93. The Morgan fingerprint density at radius 1 is 1.60 bits per heavy atom. The van der Waals surface area contributed by atoms with E-state index in [4.69, 9.17) is 9.84 Å². The van der Waals surface area contributed by atoms with Gasteiger partial charge < -0.3 is 14.7 Å². The number of rotatable bonds is 3. The molecule has 1 aliphatic rings. The summed E-state index contributed by atoms with van der Waals surface area (Å²) >= 11 is 0. The molecule has 1 atom stereocenters. The minimum absolute atomic E-state index is 0.0666. The number of ether oxygens (including phenoxy) is 1. The highest BCUT2D eigenvalue weighted by Crippen LogP contribution is 2.33. The number of hydrogen-bond donors (Lipinski definition) is 1. The number of benzene rings is 1. The van der Waals surface area contributed by atoms with Gasteiger partial charge in [-0.2, -0.15) is 0 Å². The summed E-state index contributed by atoms with van der Waals surface area (Å²) in [5.74, 6) is -1.83. The highest BCUT2D eigenvalue weighted by atomic mass is 19.1. The molecule has 0 bridgehead atoms. The van der Waals surface area contributed by atoms with Crippen LogP contribution in [0.5, 0.6) is 0 Å². The Labute approximate surface area is 113 Å². The lowest BCUT2D eigenvalue weighted by atomic mass is 10.1. The van der Waals surface area contributed by atoms with Crippen molar-refractivity contribution in [3.8, 4) is 0 Å². The van der Waals surface area contributed by atoms with Gasteiger partial charge in [0.1, 0.15) is 11.5 Å². The van der Waals surface area contributed by atoms with E-state index in [0.717, 1.165) is 6.07 Å². The summed E-state index contributed by atoms with van der Waals surface area (Å²) in [5.41, 5.74) is -0.118. The van der Waals surface area contributed by atoms with Crippen molar-refractivity contribution >= 4 is 17.3 Å². The van der Waals surface area contributed by atoms with E-state index in [1.807, 2.05) is 0 Å². The monoisotopic (exact) mass is 284 g/mol. The summed E-state index contributed by atoms with van der Waals surface area (Å²) in [6.45, 7) is 1.86. The molecule has 1 aromatic carbocycles. The molecule has 0 aliphatic carbocycles. The fourth-order valence-corrected chi connectivity index (χ4v) is 2.13. The second kappa shape index (κ2) is 5.41. The number of aliphatic carboxylic acids is 1. The van der Waals surface area contributed by atoms with Crippen molar-refractivity contribution in [1.29, 1.82) is 0 Å². The molecule has 2 rings (SSSR count). The number of nitrogens with zero attached hydrogens (tertiary/aromatic N) is 2. The molecule has 0 saturated carbocycles. The van der Waals surface area contributed by atoms with Crippen LogP contribution in [0.2, 0.25) is 0 Å². The van der Waals surface area contributed by atoms with Crippen LogP contribution in [0.3, 0.4) is 0 Å². The van der Waals surface area contributed by atoms with E-state index in [9.17, 15) is 19.3 Å². The third-order valence-electron chi connectivity index (χ3n) is 3.18. The van der Waals surface area contributed by atoms with Crippen LogP contribution in [0.25, 0.3) is 0 Å². The average molecular weight is 284 g/mol. The van der Waals surface area contributed by atoms with Gasteiger partial charge in [0.15, 0.2) is 6.04 Å². The molecular weight excluding hydrogens is 271 g/mol. The van der Waals surface area contributed by atoms with Crippen LogP contribution in [0, 0.1) is 22.9 Å². The highest BCUT2D eigenvalue weighted by Gasteiger charge is 2.33. The molecule has 8 heteroatoms. The Balaban J connectivity index is 2.51. The maximum Gasteiger partial charge on any atom is 0.328 e. The van der Waals surface area contributed by atoms with E-state index < -0.39 is 28.4 Å². The third-order valence-corrected chi connectivity index (χ3v) is 3.18. The molecular formula is C12H13FN2O5. The molecule has 1 heterocycles. The Kier molecular flexibility index (Phi) is 3.84. The SMILES string of the molecule is Cc1cc(N2CCOCC2C(=O)O)c([N+](=O)[O-])cc1F. The van der Waals surface area contributed by atoms with Gasteiger partial charge in [-0.15, -0.1) is 0 Å². The van der Waals surface area contributed by atoms with Crippen LogP contribution >= 0.6 is 0 Å². The van der Waals surface area contributed by atoms with Gasteiger partial charge >= 0.3 is 5.97 Å². The van der Waals surface area contributed by atoms with Gasteiger partial charge in [-0.05, 0) is 18.6 Å². The predicted molar refractivity (Wildman–Crippen MR) is 67.4 cm³/mol. The number of carboxylic acid groups (broad SMARTS) is 1. The normalized spacial score (nSPS) is 18.9. The standard InChI is InChI=1S/C12H13FN2O5/c1-7-4-9(10(15(18)19)5-8(7)13)14-2-3-20-6-11(14)12(16)17/h4-5,11H,2-3,6H2,1H3,(H,16,17). The molecule has 1 saturated heterocycles. The van der Waals surface area contributed by atoms with Crippen LogP contribution in [0.1, 0.15) is 5.56 Å². The lowest BCUT2D eigenvalue weighted by Gasteiger charge is -2.34. The molecule has 1 aliphatic heterocycles. The average Bonchev–Trinajstić information content (AvgIpc) is 2.41. The van der Waals surface area contributed by atoms with Gasteiger partial charge in [0.25, 0.3) is 5.69 Å². The zero-order chi connectivity index (χ0) is 14.9. The minimum Gasteiger partial charge on any atom is -0.480 e. The molecule has 1 N–H and O–H groups in total. The number of carboxylic acids is 1. The molecule has 1 aromatic rings. The van der Waals surface area contributed by atoms with Crippen LogP contribution < -0.4 is 4.90 Å². The third kappa shape index (κ3) is 2.55. The van der Waals surface area contributed by atoms with Crippen LogP contribution in [0.4, 0.5) is 15.8 Å². The smallest absolute Gasteiger partial charge is 0.328 e. The fourth-order valence-electron chi connectivity index (χ4n) is 2.13.